The Morgan fingerprint density at radius 3 is 2.06 bits per heavy atom. The molecule has 9 nitrogen and oxygen atoms in total. The van der Waals surface area contributed by atoms with Crippen LogP contribution in [0, 0.1) is 34.6 Å². The summed E-state index contributed by atoms with van der Waals surface area (Å²) in [6.45, 7) is 9.59. The zero-order valence-electron chi connectivity index (χ0n) is 20.5. The molecule has 0 unspecified atom stereocenters. The molecule has 2 aromatic carbocycles. The number of hydrogen-bond acceptors (Lipinski definition) is 7. The fourth-order valence-corrected chi connectivity index (χ4v) is 5.07. The molecule has 0 aliphatic carbocycles. The summed E-state index contributed by atoms with van der Waals surface area (Å²) in [5.41, 5.74) is 5.73. The predicted molar refractivity (Wildman–Crippen MR) is 136 cm³/mol. The van der Waals surface area contributed by atoms with Crippen LogP contribution in [0.2, 0.25) is 0 Å². The van der Waals surface area contributed by atoms with Gasteiger partial charge in [-0.05, 0) is 99.8 Å². The number of methoxy groups -OCH3 is 1. The van der Waals surface area contributed by atoms with Crippen LogP contribution in [0.1, 0.15) is 28.1 Å². The van der Waals surface area contributed by atoms with Gasteiger partial charge in [-0.1, -0.05) is 0 Å². The van der Waals surface area contributed by atoms with Gasteiger partial charge in [-0.2, -0.15) is 5.10 Å². The molecule has 0 aliphatic heterocycles. The van der Waals surface area contributed by atoms with Gasteiger partial charge in [0.15, 0.2) is 11.6 Å². The first kappa shape index (κ1) is 24.2. The van der Waals surface area contributed by atoms with Gasteiger partial charge in [0, 0.05) is 17.1 Å². The number of sulfonamides is 1. The van der Waals surface area contributed by atoms with E-state index in [2.05, 4.69) is 25.3 Å². The number of rotatable bonds is 7. The summed E-state index contributed by atoms with van der Waals surface area (Å²) >= 11 is 0. The second-order valence-electron chi connectivity index (χ2n) is 8.31. The highest BCUT2D eigenvalue weighted by atomic mass is 32.2. The van der Waals surface area contributed by atoms with E-state index in [9.17, 15) is 8.42 Å². The molecule has 0 atom stereocenters. The van der Waals surface area contributed by atoms with Gasteiger partial charge in [0.1, 0.15) is 5.75 Å². The second-order valence-corrected chi connectivity index (χ2v) is 9.96. The van der Waals surface area contributed by atoms with Gasteiger partial charge in [-0.15, -0.1) is 10.2 Å². The fourth-order valence-electron chi connectivity index (χ4n) is 3.71. The van der Waals surface area contributed by atoms with Crippen LogP contribution in [-0.4, -0.2) is 35.5 Å². The number of hydrogen-bond donors (Lipinski definition) is 2. The molecule has 2 aromatic heterocycles. The first-order valence-corrected chi connectivity index (χ1v) is 12.5. The van der Waals surface area contributed by atoms with Gasteiger partial charge in [-0.25, -0.2) is 13.1 Å². The first-order valence-electron chi connectivity index (χ1n) is 11.0. The van der Waals surface area contributed by atoms with Gasteiger partial charge in [0.2, 0.25) is 0 Å². The smallest absolute Gasteiger partial charge is 0.262 e. The lowest BCUT2D eigenvalue weighted by Gasteiger charge is -2.14. The number of aromatic nitrogens is 4. The molecule has 10 heteroatoms. The Kier molecular flexibility index (Phi) is 6.49. The van der Waals surface area contributed by atoms with E-state index in [-0.39, 0.29) is 4.90 Å². The highest BCUT2D eigenvalue weighted by Crippen LogP contribution is 2.28. The van der Waals surface area contributed by atoms with E-state index >= 15 is 0 Å². The first-order chi connectivity index (χ1) is 16.6. The number of anilines is 3. The van der Waals surface area contributed by atoms with Crippen molar-refractivity contribution in [1.29, 1.82) is 0 Å². The van der Waals surface area contributed by atoms with E-state index in [1.54, 1.807) is 55.1 Å². The molecule has 2 heterocycles. The van der Waals surface area contributed by atoms with Crippen molar-refractivity contribution in [3.63, 3.8) is 0 Å². The highest BCUT2D eigenvalue weighted by Gasteiger charge is 2.19. The SMILES string of the molecule is COc1ccc(S(=O)(=O)Nc2ccc(Nc3ccc(-n4nc(C)c(C)c4C)nn3)cc2)c(C)c1C. The third-order valence-electron chi connectivity index (χ3n) is 6.13. The molecule has 0 saturated carbocycles. The lowest BCUT2D eigenvalue weighted by atomic mass is 10.1. The highest BCUT2D eigenvalue weighted by molar-refractivity contribution is 7.92. The summed E-state index contributed by atoms with van der Waals surface area (Å²) in [7, 11) is -2.19. The summed E-state index contributed by atoms with van der Waals surface area (Å²) in [4.78, 5) is 0.214. The monoisotopic (exact) mass is 492 g/mol. The van der Waals surface area contributed by atoms with E-state index in [4.69, 9.17) is 4.74 Å². The van der Waals surface area contributed by atoms with Crippen molar-refractivity contribution >= 4 is 27.2 Å². The quantitative estimate of drug-likeness (QED) is 0.383. The maximum Gasteiger partial charge on any atom is 0.262 e. The second kappa shape index (κ2) is 9.38. The standard InChI is InChI=1S/C25H28N6O3S/c1-15-16(2)23(12-11-22(15)34-6)35(32,33)30-21-9-7-20(8-10-21)26-24-13-14-25(28-27-24)31-19(5)17(3)18(4)29-31/h7-14,30H,1-6H3,(H,26,27). The summed E-state index contributed by atoms with van der Waals surface area (Å²) in [6, 6.07) is 13.8. The minimum Gasteiger partial charge on any atom is -0.496 e. The minimum atomic E-state index is -3.76. The molecule has 182 valence electrons. The third kappa shape index (κ3) is 4.83. The van der Waals surface area contributed by atoms with Crippen molar-refractivity contribution in [2.75, 3.05) is 17.1 Å². The van der Waals surface area contributed by atoms with Crippen LogP contribution in [0.4, 0.5) is 17.2 Å². The van der Waals surface area contributed by atoms with Crippen LogP contribution in [0.25, 0.3) is 5.82 Å². The lowest BCUT2D eigenvalue weighted by Crippen LogP contribution is -2.15. The summed E-state index contributed by atoms with van der Waals surface area (Å²) in [5, 5.41) is 16.2. The van der Waals surface area contributed by atoms with E-state index in [0.29, 0.717) is 28.6 Å². The summed E-state index contributed by atoms with van der Waals surface area (Å²) in [6.07, 6.45) is 0. The van der Waals surface area contributed by atoms with Gasteiger partial charge < -0.3 is 10.1 Å². The topological polar surface area (TPSA) is 111 Å². The van der Waals surface area contributed by atoms with Crippen molar-refractivity contribution in [1.82, 2.24) is 20.0 Å². The summed E-state index contributed by atoms with van der Waals surface area (Å²) < 4.78 is 35.6. The van der Waals surface area contributed by atoms with E-state index in [0.717, 1.165) is 28.2 Å². The van der Waals surface area contributed by atoms with Gasteiger partial charge in [0.05, 0.1) is 17.7 Å². The van der Waals surface area contributed by atoms with Gasteiger partial charge in [-0.3, -0.25) is 4.72 Å². The van der Waals surface area contributed by atoms with Crippen LogP contribution in [0.5, 0.6) is 5.75 Å². The van der Waals surface area contributed by atoms with Crippen LogP contribution >= 0.6 is 0 Å². The maximum absolute atomic E-state index is 13.0. The Morgan fingerprint density at radius 2 is 1.49 bits per heavy atom. The average Bonchev–Trinajstić information content (AvgIpc) is 3.09. The number of nitrogens with one attached hydrogen (secondary N) is 2. The van der Waals surface area contributed by atoms with E-state index in [1.807, 2.05) is 39.8 Å². The molecule has 0 bridgehead atoms. The number of benzene rings is 2. The fraction of sp³-hybridized carbons (Fsp3) is 0.240. The van der Waals surface area contributed by atoms with Crippen molar-refractivity contribution in [2.24, 2.45) is 0 Å². The zero-order chi connectivity index (χ0) is 25.3. The van der Waals surface area contributed by atoms with Crippen molar-refractivity contribution < 1.29 is 13.2 Å². The van der Waals surface area contributed by atoms with E-state index < -0.39 is 10.0 Å². The molecule has 0 fully saturated rings. The Bertz CT molecular complexity index is 1480. The van der Waals surface area contributed by atoms with E-state index in [1.165, 1.54) is 0 Å². The molecule has 0 radical (unpaired) electrons. The lowest BCUT2D eigenvalue weighted by molar-refractivity contribution is 0.411. The molecule has 4 aromatic rings. The number of ether oxygens (including phenoxy) is 1. The largest absolute Gasteiger partial charge is 0.496 e. The number of nitrogens with zero attached hydrogens (tertiary/aromatic N) is 4. The average molecular weight is 493 g/mol. The van der Waals surface area contributed by atoms with Crippen LogP contribution < -0.4 is 14.8 Å². The Morgan fingerprint density at radius 1 is 0.800 bits per heavy atom. The van der Waals surface area contributed by atoms with Gasteiger partial charge >= 0.3 is 0 Å². The summed E-state index contributed by atoms with van der Waals surface area (Å²) in [5.74, 6) is 1.85. The Labute approximate surface area is 205 Å². The molecule has 0 amide bonds. The Hall–Kier alpha value is -3.92. The molecular weight excluding hydrogens is 464 g/mol. The minimum absolute atomic E-state index is 0.214. The van der Waals surface area contributed by atoms with Crippen LogP contribution in [0.15, 0.2) is 53.4 Å². The molecular formula is C25H28N6O3S. The predicted octanol–water partition coefficient (Wildman–Crippen LogP) is 4.76. The van der Waals surface area contributed by atoms with Crippen molar-refractivity contribution in [3.8, 4) is 11.6 Å². The van der Waals surface area contributed by atoms with Crippen molar-refractivity contribution in [2.45, 2.75) is 39.5 Å². The number of aryl methyl sites for hydroxylation is 1. The molecule has 35 heavy (non-hydrogen) atoms. The maximum atomic E-state index is 13.0. The van der Waals surface area contributed by atoms with Crippen molar-refractivity contribution in [3.05, 3.63) is 76.6 Å². The Balaban J connectivity index is 1.47. The molecule has 0 spiro atoms. The molecule has 4 rings (SSSR count). The van der Waals surface area contributed by atoms with Crippen LogP contribution in [0.3, 0.4) is 0 Å². The third-order valence-corrected chi connectivity index (χ3v) is 7.65. The molecule has 2 N–H and O–H groups in total. The van der Waals surface area contributed by atoms with Crippen LogP contribution in [-0.2, 0) is 10.0 Å². The zero-order valence-corrected chi connectivity index (χ0v) is 21.4. The molecule has 0 saturated heterocycles. The van der Waals surface area contributed by atoms with Gasteiger partial charge in [0.25, 0.3) is 10.0 Å². The normalized spacial score (nSPS) is 11.4. The molecule has 0 aliphatic rings.